The lowest BCUT2D eigenvalue weighted by molar-refractivity contribution is -0.302. The van der Waals surface area contributed by atoms with Crippen LogP contribution in [0.5, 0.6) is 0 Å². The molecule has 1 fully saturated rings. The van der Waals surface area contributed by atoms with Gasteiger partial charge in [0.05, 0.1) is 25.4 Å². The Balaban J connectivity index is 2.07. The van der Waals surface area contributed by atoms with Crippen LogP contribution >= 0.6 is 0 Å². The van der Waals surface area contributed by atoms with Gasteiger partial charge in [-0.1, -0.05) is 265 Å². The summed E-state index contributed by atoms with van der Waals surface area (Å²) in [5.41, 5.74) is 0. The Morgan fingerprint density at radius 2 is 0.840 bits per heavy atom. The van der Waals surface area contributed by atoms with Gasteiger partial charge in [-0.15, -0.1) is 0 Å². The summed E-state index contributed by atoms with van der Waals surface area (Å²) >= 11 is 0. The number of aliphatic hydroxyl groups excluding tert-OH is 5. The molecule has 0 aliphatic carbocycles. The van der Waals surface area contributed by atoms with Crippen LogP contribution in [0.1, 0.15) is 258 Å². The average molecular weight is 1050 g/mol. The second kappa shape index (κ2) is 54.5. The summed E-state index contributed by atoms with van der Waals surface area (Å²) < 4.78 is 11.2. The quantitative estimate of drug-likeness (QED) is 0.0261. The molecule has 432 valence electrons. The van der Waals surface area contributed by atoms with Gasteiger partial charge in [0.1, 0.15) is 24.4 Å². The highest BCUT2D eigenvalue weighted by Gasteiger charge is 2.44. The molecule has 0 aromatic heterocycles. The average Bonchev–Trinajstić information content (AvgIpc) is 3.41. The highest BCUT2D eigenvalue weighted by molar-refractivity contribution is 5.76. The zero-order valence-corrected chi connectivity index (χ0v) is 48.0. The van der Waals surface area contributed by atoms with E-state index in [1.165, 1.54) is 161 Å². The fraction of sp³-hybridized carbons (Fsp3) is 0.742. The van der Waals surface area contributed by atoms with Crippen molar-refractivity contribution in [1.82, 2.24) is 5.32 Å². The third-order valence-corrected chi connectivity index (χ3v) is 14.1. The lowest BCUT2D eigenvalue weighted by Crippen LogP contribution is -2.60. The molecule has 7 atom stereocenters. The van der Waals surface area contributed by atoms with Crippen molar-refractivity contribution in [2.24, 2.45) is 0 Å². The largest absolute Gasteiger partial charge is 0.394 e. The van der Waals surface area contributed by atoms with E-state index >= 15 is 0 Å². The topological polar surface area (TPSA) is 149 Å². The van der Waals surface area contributed by atoms with Gasteiger partial charge >= 0.3 is 0 Å². The number of allylic oxidation sites excluding steroid dienone is 15. The van der Waals surface area contributed by atoms with Crippen molar-refractivity contribution in [3.8, 4) is 0 Å². The number of amides is 1. The Morgan fingerprint density at radius 1 is 0.467 bits per heavy atom. The van der Waals surface area contributed by atoms with Gasteiger partial charge < -0.3 is 40.3 Å². The van der Waals surface area contributed by atoms with E-state index in [-0.39, 0.29) is 12.5 Å². The number of carbonyl (C=O) groups is 1. The molecule has 75 heavy (non-hydrogen) atoms. The second-order valence-electron chi connectivity index (χ2n) is 21.1. The summed E-state index contributed by atoms with van der Waals surface area (Å²) in [5, 5.41) is 54.4. The van der Waals surface area contributed by atoms with Crippen molar-refractivity contribution in [3.63, 3.8) is 0 Å². The molecule has 0 bridgehead atoms. The minimum atomic E-state index is -1.57. The van der Waals surface area contributed by atoms with Gasteiger partial charge in [0.25, 0.3) is 0 Å². The normalized spacial score (nSPS) is 19.6. The van der Waals surface area contributed by atoms with E-state index < -0.39 is 49.5 Å². The Kier molecular flexibility index (Phi) is 50.9. The minimum Gasteiger partial charge on any atom is -0.394 e. The number of carbonyl (C=O) groups excluding carboxylic acids is 1. The number of nitrogens with one attached hydrogen (secondary N) is 1. The molecule has 0 spiro atoms. The van der Waals surface area contributed by atoms with Crippen molar-refractivity contribution in [3.05, 3.63) is 97.2 Å². The Morgan fingerprint density at radius 3 is 1.28 bits per heavy atom. The molecule has 0 aromatic carbocycles. The van der Waals surface area contributed by atoms with Gasteiger partial charge in [0.15, 0.2) is 6.29 Å². The van der Waals surface area contributed by atoms with Crippen LogP contribution in [0.2, 0.25) is 0 Å². The van der Waals surface area contributed by atoms with Crippen molar-refractivity contribution in [2.45, 2.75) is 301 Å². The van der Waals surface area contributed by atoms with Gasteiger partial charge in [0, 0.05) is 6.42 Å². The molecule has 7 unspecified atom stereocenters. The predicted molar refractivity (Wildman–Crippen MR) is 318 cm³/mol. The zero-order chi connectivity index (χ0) is 54.3. The van der Waals surface area contributed by atoms with Gasteiger partial charge in [-0.05, 0) is 83.5 Å². The van der Waals surface area contributed by atoms with E-state index in [4.69, 9.17) is 9.47 Å². The van der Waals surface area contributed by atoms with E-state index in [0.29, 0.717) is 6.42 Å². The summed E-state index contributed by atoms with van der Waals surface area (Å²) in [5.74, 6) is -0.187. The van der Waals surface area contributed by atoms with E-state index in [1.54, 1.807) is 6.08 Å². The van der Waals surface area contributed by atoms with Gasteiger partial charge in [-0.25, -0.2) is 0 Å². The Hall–Kier alpha value is -2.89. The number of hydrogen-bond donors (Lipinski definition) is 6. The predicted octanol–water partition coefficient (Wildman–Crippen LogP) is 16.0. The second-order valence-corrected chi connectivity index (χ2v) is 21.1. The summed E-state index contributed by atoms with van der Waals surface area (Å²) in [6, 6.07) is -0.823. The molecular weight excluding hydrogens is 935 g/mol. The summed E-state index contributed by atoms with van der Waals surface area (Å²) in [6.07, 6.45) is 72.2. The molecular formula is C66H115NO8. The van der Waals surface area contributed by atoms with E-state index in [9.17, 15) is 30.3 Å². The van der Waals surface area contributed by atoms with Crippen molar-refractivity contribution < 1.29 is 39.8 Å². The van der Waals surface area contributed by atoms with Crippen molar-refractivity contribution in [2.75, 3.05) is 13.2 Å². The van der Waals surface area contributed by atoms with Crippen LogP contribution in [0.4, 0.5) is 0 Å². The van der Waals surface area contributed by atoms with E-state index in [0.717, 1.165) is 77.0 Å². The first-order valence-corrected chi connectivity index (χ1v) is 31.0. The van der Waals surface area contributed by atoms with Gasteiger partial charge in [0.2, 0.25) is 5.91 Å². The van der Waals surface area contributed by atoms with Gasteiger partial charge in [-0.2, -0.15) is 0 Å². The summed E-state index contributed by atoms with van der Waals surface area (Å²) in [6.45, 7) is 3.64. The molecule has 1 rings (SSSR count). The van der Waals surface area contributed by atoms with Crippen LogP contribution in [0, 0.1) is 0 Å². The monoisotopic (exact) mass is 1050 g/mol. The zero-order valence-electron chi connectivity index (χ0n) is 48.0. The molecule has 9 heteroatoms. The SMILES string of the molecule is CC/C=C\C/C=C\C/C=C\C/C=C\C/C=C\C/C=C\CCCCCCCCCCCCCCCCCCCCCCC(=O)NC(COC1OC(CO)C(O)C(O)C1O)C(O)/C=C/CC/C=C/CCCCCCCCC. The fourth-order valence-corrected chi connectivity index (χ4v) is 9.29. The molecule has 1 amide bonds. The smallest absolute Gasteiger partial charge is 0.220 e. The fourth-order valence-electron chi connectivity index (χ4n) is 9.29. The van der Waals surface area contributed by atoms with Crippen LogP contribution in [0.25, 0.3) is 0 Å². The third kappa shape index (κ3) is 43.7. The summed E-state index contributed by atoms with van der Waals surface area (Å²) in [7, 11) is 0. The molecule has 6 N–H and O–H groups in total. The number of hydrogen-bond acceptors (Lipinski definition) is 8. The number of rotatable bonds is 52. The molecule has 1 heterocycles. The standard InChI is InChI=1S/C66H115NO8/c1-3-5-7-9-11-13-15-17-18-19-20-21-22-23-24-25-26-27-28-29-30-31-32-33-34-35-36-37-38-39-40-41-42-44-46-48-50-52-54-56-62(70)67-59(58-74-66-65(73)64(72)63(71)61(57-68)75-66)60(69)55-53-51-49-47-45-43-16-14-12-10-8-6-4-2/h5,7,11,13,17-18,20-21,23-24,26-27,45,47,53,55,59-61,63-66,68-69,71-73H,3-4,6,8-10,12,14-16,19,22,25,28-44,46,48-52,54,56-58H2,1-2H3,(H,67,70)/b7-5-,13-11-,18-17-,21-20-,24-23-,27-26-,47-45+,55-53+. The Labute approximate surface area is 460 Å². The van der Waals surface area contributed by atoms with E-state index in [2.05, 4.69) is 104 Å². The van der Waals surface area contributed by atoms with Crippen LogP contribution in [-0.4, -0.2) is 87.5 Å². The molecule has 9 nitrogen and oxygen atoms in total. The first-order chi connectivity index (χ1) is 36.8. The number of ether oxygens (including phenoxy) is 2. The highest BCUT2D eigenvalue weighted by atomic mass is 16.7. The molecule has 1 aliphatic heterocycles. The van der Waals surface area contributed by atoms with Crippen LogP contribution in [0.3, 0.4) is 0 Å². The maximum absolute atomic E-state index is 13.0. The Bertz CT molecular complexity index is 1500. The van der Waals surface area contributed by atoms with Crippen LogP contribution < -0.4 is 5.32 Å². The number of unbranched alkanes of at least 4 members (excludes halogenated alkanes) is 28. The minimum absolute atomic E-state index is 0.187. The van der Waals surface area contributed by atoms with Crippen LogP contribution in [-0.2, 0) is 14.3 Å². The maximum atomic E-state index is 13.0. The molecule has 0 radical (unpaired) electrons. The van der Waals surface area contributed by atoms with Crippen molar-refractivity contribution >= 4 is 5.91 Å². The summed E-state index contributed by atoms with van der Waals surface area (Å²) in [4.78, 5) is 13.0. The lowest BCUT2D eigenvalue weighted by atomic mass is 9.99. The van der Waals surface area contributed by atoms with Crippen molar-refractivity contribution in [1.29, 1.82) is 0 Å². The lowest BCUT2D eigenvalue weighted by Gasteiger charge is -2.40. The highest BCUT2D eigenvalue weighted by Crippen LogP contribution is 2.23. The third-order valence-electron chi connectivity index (χ3n) is 14.1. The van der Waals surface area contributed by atoms with E-state index in [1.807, 2.05) is 6.08 Å². The number of aliphatic hydroxyl groups is 5. The molecule has 0 saturated carbocycles. The molecule has 0 aromatic rings. The first kappa shape index (κ1) is 70.1. The van der Waals surface area contributed by atoms with Crippen LogP contribution in [0.15, 0.2) is 97.2 Å². The van der Waals surface area contributed by atoms with Gasteiger partial charge in [-0.3, -0.25) is 4.79 Å². The first-order valence-electron chi connectivity index (χ1n) is 31.0. The molecule has 1 aliphatic rings. The molecule has 1 saturated heterocycles. The maximum Gasteiger partial charge on any atom is 0.220 e.